The lowest BCUT2D eigenvalue weighted by molar-refractivity contribution is 0.0689. The van der Waals surface area contributed by atoms with Crippen molar-refractivity contribution in [3.63, 3.8) is 0 Å². The topological polar surface area (TPSA) is 57.8 Å². The Morgan fingerprint density at radius 3 is 2.95 bits per heavy atom. The maximum absolute atomic E-state index is 11.6. The molecule has 0 aliphatic carbocycles. The van der Waals surface area contributed by atoms with Gasteiger partial charge in [-0.1, -0.05) is 13.0 Å². The number of pyridine rings is 1. The lowest BCUT2D eigenvalue weighted by Gasteiger charge is -2.38. The highest BCUT2D eigenvalue weighted by molar-refractivity contribution is 5.93. The normalized spacial score (nSPS) is 23.2. The van der Waals surface area contributed by atoms with Gasteiger partial charge in [0.1, 0.15) is 5.65 Å². The monoisotopic (exact) mass is 273 g/mol. The summed E-state index contributed by atoms with van der Waals surface area (Å²) in [6.45, 7) is 5.24. The first kappa shape index (κ1) is 13.0. The lowest BCUT2D eigenvalue weighted by Crippen LogP contribution is -2.43. The van der Waals surface area contributed by atoms with E-state index in [0.717, 1.165) is 13.0 Å². The molecule has 3 heterocycles. The number of piperidine rings is 1. The third-order valence-corrected chi connectivity index (χ3v) is 4.36. The Morgan fingerprint density at radius 2 is 2.20 bits per heavy atom. The van der Waals surface area contributed by atoms with Crippen molar-refractivity contribution in [2.75, 3.05) is 11.4 Å². The van der Waals surface area contributed by atoms with Gasteiger partial charge >= 0.3 is 5.97 Å². The Hall–Kier alpha value is -2.04. The average Bonchev–Trinajstić information content (AvgIpc) is 2.81. The van der Waals surface area contributed by atoms with Crippen LogP contribution in [0.5, 0.6) is 0 Å². The van der Waals surface area contributed by atoms with E-state index in [0.29, 0.717) is 23.4 Å². The molecule has 0 radical (unpaired) electrons. The van der Waals surface area contributed by atoms with E-state index in [1.54, 1.807) is 10.6 Å². The number of hydrogen-bond acceptors (Lipinski definition) is 3. The molecule has 0 saturated carbocycles. The number of fused-ring (bicyclic) bond motifs is 1. The number of aromatic nitrogens is 2. The number of imidazole rings is 1. The number of aromatic carboxylic acids is 1. The molecule has 0 amide bonds. The van der Waals surface area contributed by atoms with E-state index < -0.39 is 5.97 Å². The fourth-order valence-electron chi connectivity index (χ4n) is 3.02. The van der Waals surface area contributed by atoms with Gasteiger partial charge in [0, 0.05) is 18.8 Å². The van der Waals surface area contributed by atoms with E-state index in [4.69, 9.17) is 0 Å². The predicted octanol–water partition coefficient (Wildman–Crippen LogP) is 2.66. The fourth-order valence-corrected chi connectivity index (χ4v) is 3.02. The third-order valence-electron chi connectivity index (χ3n) is 4.36. The van der Waals surface area contributed by atoms with Crippen LogP contribution in [0.3, 0.4) is 0 Å². The third kappa shape index (κ3) is 1.94. The summed E-state index contributed by atoms with van der Waals surface area (Å²) in [6.07, 6.45) is 4.03. The van der Waals surface area contributed by atoms with Gasteiger partial charge in [-0.2, -0.15) is 0 Å². The highest BCUT2D eigenvalue weighted by Crippen LogP contribution is 2.30. The molecule has 2 unspecified atom stereocenters. The van der Waals surface area contributed by atoms with Crippen molar-refractivity contribution in [1.82, 2.24) is 9.38 Å². The van der Waals surface area contributed by atoms with Crippen LogP contribution in [0.1, 0.15) is 37.2 Å². The van der Waals surface area contributed by atoms with Crippen molar-refractivity contribution in [2.24, 2.45) is 5.92 Å². The second-order valence-corrected chi connectivity index (χ2v) is 5.57. The van der Waals surface area contributed by atoms with E-state index in [1.165, 1.54) is 6.42 Å². The number of nitrogens with zero attached hydrogens (tertiary/aromatic N) is 3. The van der Waals surface area contributed by atoms with Crippen molar-refractivity contribution >= 4 is 17.4 Å². The minimum absolute atomic E-state index is 0.265. The molecule has 0 bridgehead atoms. The van der Waals surface area contributed by atoms with Crippen LogP contribution in [-0.2, 0) is 0 Å². The van der Waals surface area contributed by atoms with Gasteiger partial charge < -0.3 is 10.0 Å². The average molecular weight is 273 g/mol. The van der Waals surface area contributed by atoms with Crippen molar-refractivity contribution in [1.29, 1.82) is 0 Å². The van der Waals surface area contributed by atoms with Crippen LogP contribution in [-0.4, -0.2) is 33.0 Å². The van der Waals surface area contributed by atoms with E-state index >= 15 is 0 Å². The molecule has 1 N–H and O–H groups in total. The first-order chi connectivity index (χ1) is 9.59. The Kier molecular flexibility index (Phi) is 3.12. The van der Waals surface area contributed by atoms with Crippen LogP contribution in [0.2, 0.25) is 0 Å². The van der Waals surface area contributed by atoms with Gasteiger partial charge in [0.2, 0.25) is 0 Å². The first-order valence-electron chi connectivity index (χ1n) is 7.06. The zero-order valence-electron chi connectivity index (χ0n) is 11.8. The van der Waals surface area contributed by atoms with Gasteiger partial charge in [0.05, 0.1) is 0 Å². The summed E-state index contributed by atoms with van der Waals surface area (Å²) in [5, 5.41) is 9.55. The SMILES string of the molecule is CC1CCCN(c2nc3ccccn3c2C(=O)O)C1C. The number of rotatable bonds is 2. The minimum Gasteiger partial charge on any atom is -0.476 e. The molecule has 106 valence electrons. The summed E-state index contributed by atoms with van der Waals surface area (Å²) in [5.74, 6) is 0.224. The molecular weight excluding hydrogens is 254 g/mol. The van der Waals surface area contributed by atoms with Crippen molar-refractivity contribution in [2.45, 2.75) is 32.7 Å². The van der Waals surface area contributed by atoms with Crippen LogP contribution < -0.4 is 4.90 Å². The second kappa shape index (κ2) is 4.81. The number of anilines is 1. The molecule has 3 rings (SSSR count). The van der Waals surface area contributed by atoms with Crippen LogP contribution >= 0.6 is 0 Å². The van der Waals surface area contributed by atoms with Crippen molar-refractivity contribution < 1.29 is 9.90 Å². The standard InChI is InChI=1S/C15H19N3O2/c1-10-6-5-9-17(11(10)2)14-13(15(19)20)18-8-4-3-7-12(18)16-14/h3-4,7-8,10-11H,5-6,9H2,1-2H3,(H,19,20). The summed E-state index contributed by atoms with van der Waals surface area (Å²) < 4.78 is 1.66. The van der Waals surface area contributed by atoms with Crippen molar-refractivity contribution in [3.05, 3.63) is 30.1 Å². The van der Waals surface area contributed by atoms with Crippen LogP contribution in [0.4, 0.5) is 5.82 Å². The molecule has 2 aromatic heterocycles. The van der Waals surface area contributed by atoms with E-state index in [2.05, 4.69) is 23.7 Å². The van der Waals surface area contributed by atoms with Crippen LogP contribution in [0.25, 0.3) is 5.65 Å². The first-order valence-corrected chi connectivity index (χ1v) is 7.06. The zero-order valence-corrected chi connectivity index (χ0v) is 11.8. The molecule has 20 heavy (non-hydrogen) atoms. The zero-order chi connectivity index (χ0) is 14.3. The predicted molar refractivity (Wildman–Crippen MR) is 77.4 cm³/mol. The maximum atomic E-state index is 11.6. The molecular formula is C15H19N3O2. The Bertz CT molecular complexity index is 650. The van der Waals surface area contributed by atoms with Crippen molar-refractivity contribution in [3.8, 4) is 0 Å². The molecule has 1 aliphatic rings. The van der Waals surface area contributed by atoms with E-state index in [1.807, 2.05) is 18.2 Å². The fraction of sp³-hybridized carbons (Fsp3) is 0.467. The highest BCUT2D eigenvalue weighted by Gasteiger charge is 2.30. The van der Waals surface area contributed by atoms with Gasteiger partial charge in [0.25, 0.3) is 0 Å². The van der Waals surface area contributed by atoms with E-state index in [9.17, 15) is 9.90 Å². The van der Waals surface area contributed by atoms with Gasteiger partial charge in [-0.05, 0) is 37.8 Å². The molecule has 2 atom stereocenters. The van der Waals surface area contributed by atoms with Gasteiger partial charge in [0.15, 0.2) is 11.5 Å². The molecule has 5 heteroatoms. The second-order valence-electron chi connectivity index (χ2n) is 5.57. The Balaban J connectivity index is 2.15. The molecule has 0 aromatic carbocycles. The smallest absolute Gasteiger partial charge is 0.356 e. The molecule has 1 fully saturated rings. The highest BCUT2D eigenvalue weighted by atomic mass is 16.4. The number of hydrogen-bond donors (Lipinski definition) is 1. The Labute approximate surface area is 117 Å². The van der Waals surface area contributed by atoms with Gasteiger partial charge in [-0.25, -0.2) is 9.78 Å². The van der Waals surface area contributed by atoms with Gasteiger partial charge in [-0.3, -0.25) is 4.40 Å². The largest absolute Gasteiger partial charge is 0.476 e. The Morgan fingerprint density at radius 1 is 1.40 bits per heavy atom. The van der Waals surface area contributed by atoms with Crippen LogP contribution in [0, 0.1) is 5.92 Å². The molecule has 1 aliphatic heterocycles. The number of carbonyl (C=O) groups is 1. The maximum Gasteiger partial charge on any atom is 0.356 e. The van der Waals surface area contributed by atoms with E-state index in [-0.39, 0.29) is 5.69 Å². The quantitative estimate of drug-likeness (QED) is 0.914. The lowest BCUT2D eigenvalue weighted by atomic mass is 9.92. The summed E-state index contributed by atoms with van der Waals surface area (Å²) in [4.78, 5) is 18.3. The van der Waals surface area contributed by atoms with Gasteiger partial charge in [-0.15, -0.1) is 0 Å². The molecule has 1 saturated heterocycles. The summed E-state index contributed by atoms with van der Waals surface area (Å²) in [6, 6.07) is 5.85. The number of carboxylic acid groups (broad SMARTS) is 1. The molecule has 5 nitrogen and oxygen atoms in total. The molecule has 2 aromatic rings. The summed E-state index contributed by atoms with van der Waals surface area (Å²) in [5.41, 5.74) is 0.951. The minimum atomic E-state index is -0.927. The summed E-state index contributed by atoms with van der Waals surface area (Å²) >= 11 is 0. The summed E-state index contributed by atoms with van der Waals surface area (Å²) in [7, 11) is 0. The number of carboxylic acids is 1. The molecule has 0 spiro atoms. The van der Waals surface area contributed by atoms with Crippen LogP contribution in [0.15, 0.2) is 24.4 Å².